The second-order valence-electron chi connectivity index (χ2n) is 0.204. The first-order valence-corrected chi connectivity index (χ1v) is 1.50. The summed E-state index contributed by atoms with van der Waals surface area (Å²) in [7, 11) is 0. The molecule has 0 aliphatic carbocycles. The molecular weight excluding hydrogens is 201 g/mol. The zero-order chi connectivity index (χ0) is 3.58. The molecule has 6 heteroatoms. The molecule has 6 heavy (non-hydrogen) atoms. The van der Waals surface area contributed by atoms with Crippen molar-refractivity contribution in [3.05, 3.63) is 0 Å². The van der Waals surface area contributed by atoms with E-state index in [1.807, 2.05) is 0 Å². The molecule has 0 N–H and O–H groups in total. The fourth-order valence-corrected chi connectivity index (χ4v) is 0. The van der Waals surface area contributed by atoms with Gasteiger partial charge < -0.3 is 9.11 Å². The number of hydrogen-bond donors (Lipinski definition) is 0. The Balaban J connectivity index is -0.0000000450. The van der Waals surface area contributed by atoms with Crippen molar-refractivity contribution in [2.45, 2.75) is 0 Å². The molecule has 0 heterocycles. The van der Waals surface area contributed by atoms with Gasteiger partial charge in [0.25, 0.3) is 0 Å². The van der Waals surface area contributed by atoms with Crippen molar-refractivity contribution < 1.29 is 49.9 Å². The van der Waals surface area contributed by atoms with Crippen LogP contribution in [0.25, 0.3) is 0 Å². The maximum absolute atomic E-state index is 8.44. The van der Waals surface area contributed by atoms with Gasteiger partial charge in [-0.25, -0.2) is 0 Å². The minimum atomic E-state index is -3.11. The van der Waals surface area contributed by atoms with E-state index in [9.17, 15) is 0 Å². The molecule has 0 amide bonds. The van der Waals surface area contributed by atoms with Crippen LogP contribution in [0.2, 0.25) is 0 Å². The smallest absolute Gasteiger partial charge is 0.784 e. The largest absolute Gasteiger partial charge is 2.00 e. The summed E-state index contributed by atoms with van der Waals surface area (Å²) in [6, 6.07) is 0. The zero-order valence-corrected chi connectivity index (χ0v) is 7.58. The van der Waals surface area contributed by atoms with Gasteiger partial charge in [0.15, 0.2) is 0 Å². The predicted molar refractivity (Wildman–Crippen MR) is 9.70 cm³/mol. The SMILES string of the molecule is O=S([O-])[O-].[Fe].[Zn+2]. The van der Waals surface area contributed by atoms with Crippen molar-refractivity contribution in [3.63, 3.8) is 0 Å². The Morgan fingerprint density at radius 2 is 1.33 bits per heavy atom. The zero-order valence-electron chi connectivity index (χ0n) is 2.69. The molecule has 34 valence electrons. The predicted octanol–water partition coefficient (Wildman–Crippen LogP) is -1.01. The van der Waals surface area contributed by atoms with Gasteiger partial charge in [-0.1, -0.05) is 0 Å². The van der Waals surface area contributed by atoms with Crippen LogP contribution in [-0.4, -0.2) is 13.3 Å². The van der Waals surface area contributed by atoms with E-state index in [-0.39, 0.29) is 36.5 Å². The van der Waals surface area contributed by atoms with Crippen LogP contribution in [-0.2, 0) is 47.9 Å². The van der Waals surface area contributed by atoms with Crippen LogP contribution in [0.5, 0.6) is 0 Å². The quantitative estimate of drug-likeness (QED) is 0.373. The molecular formula is FeO3SZn. The van der Waals surface area contributed by atoms with Gasteiger partial charge in [-0.2, -0.15) is 0 Å². The molecule has 3 nitrogen and oxygen atoms in total. The average Bonchev–Trinajstić information content (AvgIpc) is 0.811. The van der Waals surface area contributed by atoms with Crippen LogP contribution in [0.4, 0.5) is 0 Å². The molecule has 0 fully saturated rings. The van der Waals surface area contributed by atoms with Gasteiger partial charge in [0.1, 0.15) is 0 Å². The summed E-state index contributed by atoms with van der Waals surface area (Å²) in [6.07, 6.45) is 0. The van der Waals surface area contributed by atoms with Crippen molar-refractivity contribution >= 4 is 11.4 Å². The van der Waals surface area contributed by atoms with Gasteiger partial charge in [0, 0.05) is 17.1 Å². The Morgan fingerprint density at radius 1 is 1.33 bits per heavy atom. The molecule has 0 aliphatic heterocycles. The van der Waals surface area contributed by atoms with Crippen LogP contribution >= 0.6 is 0 Å². The van der Waals surface area contributed by atoms with E-state index in [2.05, 4.69) is 0 Å². The molecule has 0 saturated carbocycles. The monoisotopic (exact) mass is 200 g/mol. The Hall–Kier alpha value is 1.21. The van der Waals surface area contributed by atoms with Crippen molar-refractivity contribution in [3.8, 4) is 0 Å². The first-order valence-electron chi connectivity index (χ1n) is 0.500. The Kier molecular flexibility index (Phi) is 24.9. The standard InChI is InChI=1S/Fe.H2O3S.Zn/c;1-4(2)3;/h;(H2,1,2,3);/q;;+2/p-2. The number of hydrogen-bond acceptors (Lipinski definition) is 3. The van der Waals surface area contributed by atoms with E-state index in [0.29, 0.717) is 0 Å². The second kappa shape index (κ2) is 9.51. The summed E-state index contributed by atoms with van der Waals surface area (Å²) < 4.78 is 25.3. The first-order chi connectivity index (χ1) is 1.73. The molecule has 0 aliphatic rings. The van der Waals surface area contributed by atoms with Gasteiger partial charge in [0.2, 0.25) is 0 Å². The third kappa shape index (κ3) is 62.9. The van der Waals surface area contributed by atoms with Crippen molar-refractivity contribution in [1.29, 1.82) is 0 Å². The average molecular weight is 201 g/mol. The molecule has 0 rings (SSSR count). The molecule has 0 unspecified atom stereocenters. The fraction of sp³-hybridized carbons (Fsp3) is 0. The van der Waals surface area contributed by atoms with Crippen molar-refractivity contribution in [2.75, 3.05) is 0 Å². The molecule has 0 aromatic carbocycles. The molecule has 0 radical (unpaired) electrons. The van der Waals surface area contributed by atoms with E-state index in [1.54, 1.807) is 0 Å². The minimum Gasteiger partial charge on any atom is -0.784 e. The maximum atomic E-state index is 8.44. The van der Waals surface area contributed by atoms with Gasteiger partial charge in [0.05, 0.1) is 0 Å². The van der Waals surface area contributed by atoms with E-state index in [0.717, 1.165) is 0 Å². The second-order valence-corrected chi connectivity index (χ2v) is 0.612. The summed E-state index contributed by atoms with van der Waals surface area (Å²) in [6.45, 7) is 0. The summed E-state index contributed by atoms with van der Waals surface area (Å²) >= 11 is -3.11. The van der Waals surface area contributed by atoms with Gasteiger partial charge >= 0.3 is 19.5 Å². The van der Waals surface area contributed by atoms with Crippen molar-refractivity contribution in [2.24, 2.45) is 0 Å². The fourth-order valence-electron chi connectivity index (χ4n) is 0. The van der Waals surface area contributed by atoms with Gasteiger partial charge in [-0.15, -0.1) is 11.4 Å². The summed E-state index contributed by atoms with van der Waals surface area (Å²) in [5.41, 5.74) is 0. The third-order valence-electron chi connectivity index (χ3n) is 0. The topological polar surface area (TPSA) is 63.2 Å². The van der Waals surface area contributed by atoms with E-state index >= 15 is 0 Å². The minimum absolute atomic E-state index is 0. The summed E-state index contributed by atoms with van der Waals surface area (Å²) in [4.78, 5) is 0. The van der Waals surface area contributed by atoms with Crippen LogP contribution in [0, 0.1) is 0 Å². The van der Waals surface area contributed by atoms with E-state index < -0.39 is 11.4 Å². The third-order valence-corrected chi connectivity index (χ3v) is 0. The summed E-state index contributed by atoms with van der Waals surface area (Å²) in [5, 5.41) is 0. The molecule has 0 aromatic rings. The molecule has 0 spiro atoms. The Labute approximate surface area is 61.2 Å². The van der Waals surface area contributed by atoms with Crippen LogP contribution in [0.3, 0.4) is 0 Å². The maximum Gasteiger partial charge on any atom is 2.00 e. The number of rotatable bonds is 0. The first kappa shape index (κ1) is 15.7. The summed E-state index contributed by atoms with van der Waals surface area (Å²) in [5.74, 6) is 0. The normalized spacial score (nSPS) is 5.83. The van der Waals surface area contributed by atoms with E-state index in [4.69, 9.17) is 13.3 Å². The molecule has 0 bridgehead atoms. The van der Waals surface area contributed by atoms with Gasteiger partial charge in [-0.3, -0.25) is 4.21 Å². The van der Waals surface area contributed by atoms with Crippen molar-refractivity contribution in [1.82, 2.24) is 0 Å². The van der Waals surface area contributed by atoms with Crippen LogP contribution in [0.15, 0.2) is 0 Å². The molecule has 0 atom stereocenters. The Morgan fingerprint density at radius 3 is 1.33 bits per heavy atom. The van der Waals surface area contributed by atoms with Gasteiger partial charge in [-0.05, 0) is 0 Å². The molecule has 0 saturated heterocycles. The van der Waals surface area contributed by atoms with Crippen LogP contribution in [0.1, 0.15) is 0 Å². The van der Waals surface area contributed by atoms with Crippen LogP contribution < -0.4 is 0 Å². The Bertz CT molecular complexity index is 33.8. The molecule has 0 aromatic heterocycles. The van der Waals surface area contributed by atoms with E-state index in [1.165, 1.54) is 0 Å².